The predicted octanol–water partition coefficient (Wildman–Crippen LogP) is 9.78. The maximum Gasteiger partial charge on any atom is 0.102 e. The minimum atomic E-state index is 0.896. The van der Waals surface area contributed by atoms with Crippen LogP contribution >= 0.6 is 0 Å². The van der Waals surface area contributed by atoms with Gasteiger partial charge in [0.15, 0.2) is 0 Å². The zero-order chi connectivity index (χ0) is 26.9. The standard InChI is InChI=1S/C38H23N3/c1-2-9-24(10-3-1)36-37(31-21-19-27-17-16-25-12-8-13-26-18-20-30(31)35(27)34(25)26)40-41-33(32-15-6-7-22-39-32)23-28-11-4-5-14-29(28)38(36)41/h1-23H. The molecule has 0 radical (unpaired) electrons. The number of hydrogen-bond donors (Lipinski definition) is 0. The van der Waals surface area contributed by atoms with Crippen LogP contribution in [0, 0.1) is 0 Å². The Labute approximate surface area is 236 Å². The first kappa shape index (κ1) is 22.3. The molecule has 0 bridgehead atoms. The molecule has 0 fully saturated rings. The summed E-state index contributed by atoms with van der Waals surface area (Å²) >= 11 is 0. The van der Waals surface area contributed by atoms with Gasteiger partial charge in [-0.2, -0.15) is 5.10 Å². The molecule has 0 spiro atoms. The summed E-state index contributed by atoms with van der Waals surface area (Å²) in [5, 5.41) is 15.4. The Hall–Kier alpha value is -5.54. The number of rotatable bonds is 3. The Morgan fingerprint density at radius 1 is 0.512 bits per heavy atom. The first-order chi connectivity index (χ1) is 20.3. The molecule has 0 aliphatic heterocycles. The zero-order valence-corrected chi connectivity index (χ0v) is 22.1. The lowest BCUT2D eigenvalue weighted by atomic mass is 9.89. The van der Waals surface area contributed by atoms with E-state index in [1.165, 1.54) is 43.1 Å². The molecule has 0 amide bonds. The Morgan fingerprint density at radius 2 is 1.22 bits per heavy atom. The minimum Gasteiger partial charge on any atom is -0.255 e. The van der Waals surface area contributed by atoms with Crippen LogP contribution in [0.2, 0.25) is 0 Å². The molecule has 6 aromatic carbocycles. The maximum absolute atomic E-state index is 5.44. The van der Waals surface area contributed by atoms with Crippen molar-refractivity contribution >= 4 is 48.6 Å². The van der Waals surface area contributed by atoms with Crippen LogP contribution in [0.1, 0.15) is 0 Å². The number of hydrogen-bond acceptors (Lipinski definition) is 2. The molecular weight excluding hydrogens is 498 g/mol. The maximum atomic E-state index is 5.44. The highest BCUT2D eigenvalue weighted by molar-refractivity contribution is 6.26. The fourth-order valence-corrected chi connectivity index (χ4v) is 6.59. The molecule has 0 atom stereocenters. The van der Waals surface area contributed by atoms with Gasteiger partial charge in [0.25, 0.3) is 0 Å². The quantitative estimate of drug-likeness (QED) is 0.217. The Morgan fingerprint density at radius 3 is 2.05 bits per heavy atom. The van der Waals surface area contributed by atoms with E-state index in [9.17, 15) is 0 Å². The number of fused-ring (bicyclic) bond motifs is 3. The van der Waals surface area contributed by atoms with E-state index < -0.39 is 0 Å². The van der Waals surface area contributed by atoms with Crippen LogP contribution in [0.15, 0.2) is 140 Å². The summed E-state index contributed by atoms with van der Waals surface area (Å²) in [6.07, 6.45) is 1.85. The van der Waals surface area contributed by atoms with Crippen molar-refractivity contribution in [3.8, 4) is 33.8 Å². The molecule has 3 heteroatoms. The second kappa shape index (κ2) is 8.48. The van der Waals surface area contributed by atoms with E-state index in [1.54, 1.807) is 0 Å². The topological polar surface area (TPSA) is 30.2 Å². The van der Waals surface area contributed by atoms with E-state index in [0.717, 1.165) is 39.3 Å². The average Bonchev–Trinajstić information content (AvgIpc) is 3.45. The largest absolute Gasteiger partial charge is 0.255 e. The number of pyridine rings is 2. The molecule has 0 unspecified atom stereocenters. The van der Waals surface area contributed by atoms with Gasteiger partial charge in [-0.15, -0.1) is 0 Å². The Kier molecular flexibility index (Phi) is 4.61. The highest BCUT2D eigenvalue weighted by Gasteiger charge is 2.23. The van der Waals surface area contributed by atoms with Gasteiger partial charge in [-0.05, 0) is 61.5 Å². The van der Waals surface area contributed by atoms with Crippen molar-refractivity contribution in [1.82, 2.24) is 14.6 Å². The van der Waals surface area contributed by atoms with Crippen LogP contribution in [0.25, 0.3) is 82.4 Å². The molecule has 9 rings (SSSR count). The van der Waals surface area contributed by atoms with Crippen molar-refractivity contribution in [2.24, 2.45) is 0 Å². The first-order valence-corrected chi connectivity index (χ1v) is 13.9. The van der Waals surface area contributed by atoms with Crippen molar-refractivity contribution in [2.45, 2.75) is 0 Å². The third-order valence-electron chi connectivity index (χ3n) is 8.40. The van der Waals surface area contributed by atoms with Crippen molar-refractivity contribution in [3.63, 3.8) is 0 Å². The van der Waals surface area contributed by atoms with Gasteiger partial charge in [0.1, 0.15) is 5.69 Å². The molecule has 0 aliphatic rings. The Balaban J connectivity index is 1.48. The van der Waals surface area contributed by atoms with Crippen molar-refractivity contribution in [3.05, 3.63) is 140 Å². The molecule has 0 aliphatic carbocycles. The summed E-state index contributed by atoms with van der Waals surface area (Å²) in [6, 6.07) is 47.6. The van der Waals surface area contributed by atoms with Crippen LogP contribution in [-0.2, 0) is 0 Å². The van der Waals surface area contributed by atoms with E-state index in [1.807, 2.05) is 18.3 Å². The second-order valence-corrected chi connectivity index (χ2v) is 10.7. The highest BCUT2D eigenvalue weighted by Crippen LogP contribution is 2.44. The van der Waals surface area contributed by atoms with Crippen molar-refractivity contribution in [1.29, 1.82) is 0 Å². The minimum absolute atomic E-state index is 0.896. The van der Waals surface area contributed by atoms with Gasteiger partial charge >= 0.3 is 0 Å². The highest BCUT2D eigenvalue weighted by atomic mass is 15.2. The van der Waals surface area contributed by atoms with Gasteiger partial charge in [0.05, 0.1) is 16.9 Å². The summed E-state index contributed by atoms with van der Waals surface area (Å²) < 4.78 is 2.11. The number of aromatic nitrogens is 3. The molecule has 3 heterocycles. The summed E-state index contributed by atoms with van der Waals surface area (Å²) in [7, 11) is 0. The molecule has 9 aromatic rings. The van der Waals surface area contributed by atoms with Crippen molar-refractivity contribution < 1.29 is 0 Å². The molecule has 0 N–H and O–H groups in total. The monoisotopic (exact) mass is 521 g/mol. The van der Waals surface area contributed by atoms with Gasteiger partial charge in [-0.1, -0.05) is 115 Å². The van der Waals surface area contributed by atoms with Gasteiger partial charge in [-0.25, -0.2) is 4.52 Å². The van der Waals surface area contributed by atoms with Crippen LogP contribution in [-0.4, -0.2) is 14.6 Å². The SMILES string of the molecule is c1ccc(-c2c(-c3ccc4ccc5cccc6ccc3c4c56)nn3c(-c4ccccn4)cc4ccccc4c23)cc1. The lowest BCUT2D eigenvalue weighted by Gasteiger charge is -2.14. The summed E-state index contributed by atoms with van der Waals surface area (Å²) in [5.41, 5.74) is 7.35. The van der Waals surface area contributed by atoms with E-state index in [-0.39, 0.29) is 0 Å². The van der Waals surface area contributed by atoms with Crippen LogP contribution in [0.5, 0.6) is 0 Å². The van der Waals surface area contributed by atoms with Crippen LogP contribution in [0.3, 0.4) is 0 Å². The molecule has 0 saturated carbocycles. The molecule has 3 aromatic heterocycles. The smallest absolute Gasteiger partial charge is 0.102 e. The molecule has 41 heavy (non-hydrogen) atoms. The first-order valence-electron chi connectivity index (χ1n) is 13.9. The van der Waals surface area contributed by atoms with Crippen LogP contribution < -0.4 is 0 Å². The van der Waals surface area contributed by atoms with E-state index in [0.29, 0.717) is 0 Å². The predicted molar refractivity (Wildman–Crippen MR) is 171 cm³/mol. The zero-order valence-electron chi connectivity index (χ0n) is 22.1. The summed E-state index contributed by atoms with van der Waals surface area (Å²) in [4.78, 5) is 4.73. The Bertz CT molecular complexity index is 2390. The lowest BCUT2D eigenvalue weighted by molar-refractivity contribution is 0.973. The van der Waals surface area contributed by atoms with E-state index in [4.69, 9.17) is 10.1 Å². The fraction of sp³-hybridized carbons (Fsp3) is 0. The van der Waals surface area contributed by atoms with E-state index >= 15 is 0 Å². The summed E-state index contributed by atoms with van der Waals surface area (Å²) in [5.74, 6) is 0. The van der Waals surface area contributed by atoms with Gasteiger partial charge in [-0.3, -0.25) is 4.98 Å². The molecular formula is C38H23N3. The lowest BCUT2D eigenvalue weighted by Crippen LogP contribution is -1.97. The number of benzene rings is 6. The second-order valence-electron chi connectivity index (χ2n) is 10.7. The van der Waals surface area contributed by atoms with Crippen LogP contribution in [0.4, 0.5) is 0 Å². The molecule has 3 nitrogen and oxygen atoms in total. The third kappa shape index (κ3) is 3.20. The third-order valence-corrected chi connectivity index (χ3v) is 8.40. The van der Waals surface area contributed by atoms with Crippen molar-refractivity contribution in [2.75, 3.05) is 0 Å². The molecule has 0 saturated heterocycles. The van der Waals surface area contributed by atoms with Gasteiger partial charge in [0.2, 0.25) is 0 Å². The molecule has 190 valence electrons. The number of nitrogens with zero attached hydrogens (tertiary/aromatic N) is 3. The fourth-order valence-electron chi connectivity index (χ4n) is 6.59. The normalized spacial score (nSPS) is 11.9. The average molecular weight is 522 g/mol. The van der Waals surface area contributed by atoms with Gasteiger partial charge in [0, 0.05) is 22.7 Å². The van der Waals surface area contributed by atoms with E-state index in [2.05, 4.69) is 126 Å². The summed E-state index contributed by atoms with van der Waals surface area (Å²) in [6.45, 7) is 0. The van der Waals surface area contributed by atoms with Gasteiger partial charge < -0.3 is 0 Å².